The Labute approximate surface area is 178 Å². The van der Waals surface area contributed by atoms with Crippen molar-refractivity contribution in [1.82, 2.24) is 14.9 Å². The van der Waals surface area contributed by atoms with Crippen LogP contribution in [-0.2, 0) is 4.79 Å². The minimum atomic E-state index is 0.0592. The van der Waals surface area contributed by atoms with Crippen molar-refractivity contribution in [3.63, 3.8) is 0 Å². The number of para-hydroxylation sites is 2. The van der Waals surface area contributed by atoms with E-state index in [-0.39, 0.29) is 5.91 Å². The van der Waals surface area contributed by atoms with Crippen molar-refractivity contribution in [2.24, 2.45) is 0 Å². The lowest BCUT2D eigenvalue weighted by atomic mass is 10.0. The maximum absolute atomic E-state index is 12.6. The molecule has 0 aliphatic carbocycles. The van der Waals surface area contributed by atoms with Crippen molar-refractivity contribution in [2.75, 3.05) is 31.1 Å². The molecule has 0 unspecified atom stereocenters. The number of carbonyl (C=O) groups excluding carboxylic acids is 1. The highest BCUT2D eigenvalue weighted by atomic mass is 16.2. The molecule has 5 heteroatoms. The minimum Gasteiger partial charge on any atom is -0.352 e. The zero-order valence-electron chi connectivity index (χ0n) is 17.9. The number of piperazine rings is 1. The van der Waals surface area contributed by atoms with Crippen molar-refractivity contribution in [3.05, 3.63) is 71.4 Å². The molecule has 0 N–H and O–H groups in total. The first-order chi connectivity index (χ1) is 14.5. The van der Waals surface area contributed by atoms with Gasteiger partial charge in [-0.05, 0) is 42.2 Å². The van der Waals surface area contributed by atoms with Crippen molar-refractivity contribution in [1.29, 1.82) is 0 Å². The van der Waals surface area contributed by atoms with Crippen LogP contribution >= 0.6 is 0 Å². The smallest absolute Gasteiger partial charge is 0.246 e. The summed E-state index contributed by atoms with van der Waals surface area (Å²) in [5.74, 6) is 1.49. The predicted octanol–water partition coefficient (Wildman–Crippen LogP) is 4.42. The fourth-order valence-electron chi connectivity index (χ4n) is 3.78. The molecule has 0 radical (unpaired) electrons. The molecule has 1 amide bonds. The average molecular weight is 401 g/mol. The van der Waals surface area contributed by atoms with E-state index < -0.39 is 0 Å². The first-order valence-corrected chi connectivity index (χ1v) is 10.6. The second kappa shape index (κ2) is 8.66. The molecular formula is C25H28N4O. The number of fused-ring (bicyclic) bond motifs is 1. The fourth-order valence-corrected chi connectivity index (χ4v) is 3.78. The molecule has 0 atom stereocenters. The summed E-state index contributed by atoms with van der Waals surface area (Å²) in [4.78, 5) is 26.3. The lowest BCUT2D eigenvalue weighted by Crippen LogP contribution is -2.48. The zero-order chi connectivity index (χ0) is 21.1. The van der Waals surface area contributed by atoms with Crippen molar-refractivity contribution in [2.45, 2.75) is 26.7 Å². The number of anilines is 1. The van der Waals surface area contributed by atoms with Gasteiger partial charge in [-0.2, -0.15) is 0 Å². The van der Waals surface area contributed by atoms with E-state index in [1.54, 1.807) is 6.08 Å². The lowest BCUT2D eigenvalue weighted by Gasteiger charge is -2.35. The van der Waals surface area contributed by atoms with E-state index >= 15 is 0 Å². The molecule has 0 spiro atoms. The van der Waals surface area contributed by atoms with Gasteiger partial charge in [0.25, 0.3) is 0 Å². The van der Waals surface area contributed by atoms with Crippen LogP contribution in [0, 0.1) is 6.92 Å². The van der Waals surface area contributed by atoms with E-state index in [2.05, 4.69) is 48.0 Å². The van der Waals surface area contributed by atoms with Crippen molar-refractivity contribution in [3.8, 4) is 0 Å². The topological polar surface area (TPSA) is 49.3 Å². The average Bonchev–Trinajstić information content (AvgIpc) is 2.77. The van der Waals surface area contributed by atoms with E-state index in [4.69, 9.17) is 4.98 Å². The zero-order valence-corrected chi connectivity index (χ0v) is 17.9. The SMILES string of the molecule is Cc1nc2ccccc2nc1N1CCN(C(=O)/C=C/c2ccc(C(C)C)cc2)CC1. The molecule has 30 heavy (non-hydrogen) atoms. The molecule has 0 saturated carbocycles. The highest BCUT2D eigenvalue weighted by Gasteiger charge is 2.22. The molecule has 154 valence electrons. The van der Waals surface area contributed by atoms with Crippen LogP contribution in [0.4, 0.5) is 5.82 Å². The monoisotopic (exact) mass is 400 g/mol. The van der Waals surface area contributed by atoms with Crippen LogP contribution in [0.1, 0.15) is 36.6 Å². The number of amides is 1. The number of hydrogen-bond acceptors (Lipinski definition) is 4. The van der Waals surface area contributed by atoms with Crippen LogP contribution in [0.2, 0.25) is 0 Å². The number of aromatic nitrogens is 2. The third-order valence-electron chi connectivity index (χ3n) is 5.63. The van der Waals surface area contributed by atoms with Gasteiger partial charge in [0.2, 0.25) is 5.91 Å². The van der Waals surface area contributed by atoms with E-state index in [0.717, 1.165) is 41.2 Å². The summed E-state index contributed by atoms with van der Waals surface area (Å²) in [5.41, 5.74) is 5.11. The highest BCUT2D eigenvalue weighted by molar-refractivity contribution is 5.92. The van der Waals surface area contributed by atoms with Crippen LogP contribution < -0.4 is 4.90 Å². The Kier molecular flexibility index (Phi) is 5.79. The molecule has 1 fully saturated rings. The summed E-state index contributed by atoms with van der Waals surface area (Å²) in [6.07, 6.45) is 3.58. The van der Waals surface area contributed by atoms with Crippen molar-refractivity contribution >= 4 is 28.8 Å². The largest absolute Gasteiger partial charge is 0.352 e. The lowest BCUT2D eigenvalue weighted by molar-refractivity contribution is -0.126. The van der Waals surface area contributed by atoms with E-state index in [9.17, 15) is 4.79 Å². The predicted molar refractivity (Wildman–Crippen MR) is 123 cm³/mol. The number of carbonyl (C=O) groups is 1. The summed E-state index contributed by atoms with van der Waals surface area (Å²) in [7, 11) is 0. The van der Waals surface area contributed by atoms with Crippen LogP contribution in [0.5, 0.6) is 0 Å². The second-order valence-electron chi connectivity index (χ2n) is 8.09. The van der Waals surface area contributed by atoms with Gasteiger partial charge in [-0.3, -0.25) is 4.79 Å². The summed E-state index contributed by atoms with van der Waals surface area (Å²) in [5, 5.41) is 0. The molecule has 1 aliphatic heterocycles. The summed E-state index contributed by atoms with van der Waals surface area (Å²) in [6, 6.07) is 16.3. The van der Waals surface area contributed by atoms with Crippen LogP contribution in [0.3, 0.4) is 0 Å². The Morgan fingerprint density at radius 1 is 0.933 bits per heavy atom. The maximum atomic E-state index is 12.6. The quantitative estimate of drug-likeness (QED) is 0.608. The van der Waals surface area contributed by atoms with Gasteiger partial charge < -0.3 is 9.80 Å². The molecular weight excluding hydrogens is 372 g/mol. The second-order valence-corrected chi connectivity index (χ2v) is 8.09. The number of benzene rings is 2. The normalized spacial score (nSPS) is 14.8. The Balaban J connectivity index is 1.38. The van der Waals surface area contributed by atoms with Gasteiger partial charge >= 0.3 is 0 Å². The molecule has 1 aliphatic rings. The Morgan fingerprint density at radius 2 is 1.57 bits per heavy atom. The summed E-state index contributed by atoms with van der Waals surface area (Å²) in [6.45, 7) is 9.25. The van der Waals surface area contributed by atoms with E-state index in [1.165, 1.54) is 5.56 Å². The fraction of sp³-hybridized carbons (Fsp3) is 0.320. The van der Waals surface area contributed by atoms with Gasteiger partial charge in [0.1, 0.15) is 0 Å². The number of hydrogen-bond donors (Lipinski definition) is 0. The first kappa shape index (κ1) is 20.1. The van der Waals surface area contributed by atoms with Gasteiger partial charge in [-0.15, -0.1) is 0 Å². The van der Waals surface area contributed by atoms with Gasteiger partial charge in [0.05, 0.1) is 16.7 Å². The van der Waals surface area contributed by atoms with Crippen LogP contribution in [0.15, 0.2) is 54.6 Å². The molecule has 5 nitrogen and oxygen atoms in total. The molecule has 2 aromatic carbocycles. The molecule has 0 bridgehead atoms. The molecule has 3 aromatic rings. The molecule has 4 rings (SSSR count). The van der Waals surface area contributed by atoms with E-state index in [0.29, 0.717) is 19.0 Å². The molecule has 2 heterocycles. The Hall–Kier alpha value is -3.21. The van der Waals surface area contributed by atoms with Gasteiger partial charge in [-0.25, -0.2) is 9.97 Å². The summed E-state index contributed by atoms with van der Waals surface area (Å²) < 4.78 is 0. The van der Waals surface area contributed by atoms with Crippen LogP contribution in [-0.4, -0.2) is 47.0 Å². The Morgan fingerprint density at radius 3 is 2.20 bits per heavy atom. The van der Waals surface area contributed by atoms with Gasteiger partial charge in [-0.1, -0.05) is 50.2 Å². The van der Waals surface area contributed by atoms with E-state index in [1.807, 2.05) is 42.2 Å². The molecule has 1 saturated heterocycles. The number of aryl methyl sites for hydroxylation is 1. The first-order valence-electron chi connectivity index (χ1n) is 10.6. The number of rotatable bonds is 4. The third kappa shape index (κ3) is 4.35. The third-order valence-corrected chi connectivity index (χ3v) is 5.63. The number of nitrogens with zero attached hydrogens (tertiary/aromatic N) is 4. The highest BCUT2D eigenvalue weighted by Crippen LogP contribution is 2.21. The maximum Gasteiger partial charge on any atom is 0.246 e. The Bertz CT molecular complexity index is 1060. The molecule has 1 aromatic heterocycles. The van der Waals surface area contributed by atoms with Crippen molar-refractivity contribution < 1.29 is 4.79 Å². The standard InChI is InChI=1S/C25H28N4O/c1-18(2)21-11-8-20(9-12-21)10-13-24(30)28-14-16-29(17-15-28)25-19(3)26-22-6-4-5-7-23(22)27-25/h4-13,18H,14-17H2,1-3H3/b13-10+. The minimum absolute atomic E-state index is 0.0592. The van der Waals surface area contributed by atoms with Crippen LogP contribution in [0.25, 0.3) is 17.1 Å². The van der Waals surface area contributed by atoms with Gasteiger partial charge in [0.15, 0.2) is 5.82 Å². The van der Waals surface area contributed by atoms with Gasteiger partial charge in [0, 0.05) is 32.3 Å². The summed E-state index contributed by atoms with van der Waals surface area (Å²) >= 11 is 0.